The summed E-state index contributed by atoms with van der Waals surface area (Å²) in [6, 6.07) is 0. The number of allylic oxidation sites excluding steroid dienone is 24. The summed E-state index contributed by atoms with van der Waals surface area (Å²) < 4.78 is 16.7. The van der Waals surface area contributed by atoms with Crippen LogP contribution < -0.4 is 0 Å². The van der Waals surface area contributed by atoms with Crippen molar-refractivity contribution in [3.63, 3.8) is 0 Å². The number of ether oxygens (including phenoxy) is 3. The Balaban J connectivity index is 4.62. The molecule has 6 heteroatoms. The van der Waals surface area contributed by atoms with Gasteiger partial charge in [-0.15, -0.1) is 0 Å². The van der Waals surface area contributed by atoms with Crippen LogP contribution in [0.3, 0.4) is 0 Å². The lowest BCUT2D eigenvalue weighted by atomic mass is 10.1. The standard InChI is InChI=1S/C61H94O6/c1-4-7-10-13-16-19-22-25-28-30-33-36-39-42-45-48-51-54-60(63)66-57-58(56-65-59(62)53-50-47-44-41-38-35-32-27-24-21-18-15-12-9-6-3)67-61(64)55-52-49-46-43-40-37-34-31-29-26-23-20-17-14-11-8-5-2/h7,9-10,12,16-21,25-29,32-34,36-38,41-42,45,58H,4-6,8,11,13-15,22-24,30-31,35,39-40,43-44,46-57H2,1-3H3/b10-7-,12-9-,19-16-,20-17-,21-18-,28-25-,29-26-,32-27-,36-33-,37-34-,41-38-,45-42-/t58-/m0/s1. The molecule has 0 aliphatic heterocycles. The van der Waals surface area contributed by atoms with Gasteiger partial charge >= 0.3 is 17.9 Å². The van der Waals surface area contributed by atoms with Crippen molar-refractivity contribution in [2.45, 2.75) is 207 Å². The molecular weight excluding hydrogens is 829 g/mol. The highest BCUT2D eigenvalue weighted by atomic mass is 16.6. The van der Waals surface area contributed by atoms with E-state index in [4.69, 9.17) is 14.2 Å². The summed E-state index contributed by atoms with van der Waals surface area (Å²) in [5.41, 5.74) is 0. The fraction of sp³-hybridized carbons (Fsp3) is 0.557. The molecule has 0 N–H and O–H groups in total. The van der Waals surface area contributed by atoms with Crippen molar-refractivity contribution in [3.8, 4) is 0 Å². The number of hydrogen-bond acceptors (Lipinski definition) is 6. The first-order chi connectivity index (χ1) is 33.0. The normalized spacial score (nSPS) is 13.3. The highest BCUT2D eigenvalue weighted by Gasteiger charge is 2.19. The van der Waals surface area contributed by atoms with E-state index >= 15 is 0 Å². The number of carbonyl (C=O) groups excluding carboxylic acids is 3. The van der Waals surface area contributed by atoms with Crippen LogP contribution in [-0.2, 0) is 28.6 Å². The van der Waals surface area contributed by atoms with Crippen molar-refractivity contribution in [1.29, 1.82) is 0 Å². The lowest BCUT2D eigenvalue weighted by Crippen LogP contribution is -2.30. The van der Waals surface area contributed by atoms with Crippen molar-refractivity contribution in [2.24, 2.45) is 0 Å². The van der Waals surface area contributed by atoms with Crippen LogP contribution in [0.1, 0.15) is 201 Å². The quantitative estimate of drug-likeness (QED) is 0.0262. The van der Waals surface area contributed by atoms with Gasteiger partial charge in [-0.05, 0) is 135 Å². The molecule has 0 aromatic rings. The first kappa shape index (κ1) is 62.3. The van der Waals surface area contributed by atoms with Crippen molar-refractivity contribution in [2.75, 3.05) is 13.2 Å². The van der Waals surface area contributed by atoms with Crippen LogP contribution in [0.15, 0.2) is 146 Å². The first-order valence-electron chi connectivity index (χ1n) is 26.3. The Labute approximate surface area is 410 Å². The predicted molar refractivity (Wildman–Crippen MR) is 288 cm³/mol. The zero-order chi connectivity index (χ0) is 48.6. The summed E-state index contributed by atoms with van der Waals surface area (Å²) in [4.78, 5) is 38.0. The van der Waals surface area contributed by atoms with Gasteiger partial charge in [-0.25, -0.2) is 0 Å². The minimum atomic E-state index is -0.836. The van der Waals surface area contributed by atoms with E-state index in [1.165, 1.54) is 25.7 Å². The van der Waals surface area contributed by atoms with Crippen LogP contribution in [-0.4, -0.2) is 37.2 Å². The summed E-state index contributed by atoms with van der Waals surface area (Å²) in [7, 11) is 0. The Bertz CT molecular complexity index is 1530. The summed E-state index contributed by atoms with van der Waals surface area (Å²) in [6.45, 7) is 6.25. The molecule has 0 rings (SSSR count). The van der Waals surface area contributed by atoms with E-state index in [0.717, 1.165) is 122 Å². The topological polar surface area (TPSA) is 78.9 Å². The van der Waals surface area contributed by atoms with Gasteiger partial charge in [0.1, 0.15) is 13.2 Å². The van der Waals surface area contributed by atoms with E-state index in [0.29, 0.717) is 12.8 Å². The Morgan fingerprint density at radius 3 is 0.985 bits per heavy atom. The molecule has 6 nitrogen and oxygen atoms in total. The molecular formula is C61H94O6. The average molecular weight is 923 g/mol. The maximum Gasteiger partial charge on any atom is 0.306 e. The predicted octanol–water partition coefficient (Wildman–Crippen LogP) is 17.6. The second kappa shape index (κ2) is 53.9. The van der Waals surface area contributed by atoms with E-state index in [9.17, 15) is 14.4 Å². The second-order valence-corrected chi connectivity index (χ2v) is 16.7. The number of hydrogen-bond donors (Lipinski definition) is 0. The van der Waals surface area contributed by atoms with Crippen LogP contribution in [0.25, 0.3) is 0 Å². The highest BCUT2D eigenvalue weighted by Crippen LogP contribution is 2.11. The second-order valence-electron chi connectivity index (χ2n) is 16.7. The van der Waals surface area contributed by atoms with Crippen LogP contribution >= 0.6 is 0 Å². The molecule has 0 saturated heterocycles. The first-order valence-corrected chi connectivity index (χ1v) is 26.3. The Morgan fingerprint density at radius 1 is 0.313 bits per heavy atom. The van der Waals surface area contributed by atoms with Crippen LogP contribution in [0, 0.1) is 0 Å². The van der Waals surface area contributed by atoms with Gasteiger partial charge in [0.2, 0.25) is 0 Å². The van der Waals surface area contributed by atoms with Gasteiger partial charge in [-0.2, -0.15) is 0 Å². The number of unbranched alkanes of at least 4 members (excludes halogenated alkanes) is 10. The van der Waals surface area contributed by atoms with E-state index in [1.807, 2.05) is 0 Å². The average Bonchev–Trinajstić information content (AvgIpc) is 3.33. The summed E-state index contributed by atoms with van der Waals surface area (Å²) >= 11 is 0. The molecule has 0 unspecified atom stereocenters. The van der Waals surface area contributed by atoms with Gasteiger partial charge in [-0.3, -0.25) is 14.4 Å². The number of carbonyl (C=O) groups is 3. The van der Waals surface area contributed by atoms with Gasteiger partial charge in [0.25, 0.3) is 0 Å². The molecule has 67 heavy (non-hydrogen) atoms. The molecule has 0 amide bonds. The molecule has 0 fully saturated rings. The van der Waals surface area contributed by atoms with Gasteiger partial charge in [-0.1, -0.05) is 192 Å². The molecule has 0 radical (unpaired) electrons. The molecule has 1 atom stereocenters. The van der Waals surface area contributed by atoms with Crippen molar-refractivity contribution in [1.82, 2.24) is 0 Å². The van der Waals surface area contributed by atoms with E-state index in [2.05, 4.69) is 167 Å². The molecule has 0 aromatic carbocycles. The maximum absolute atomic E-state index is 12.8. The van der Waals surface area contributed by atoms with E-state index in [-0.39, 0.29) is 50.4 Å². The monoisotopic (exact) mass is 923 g/mol. The van der Waals surface area contributed by atoms with Gasteiger partial charge in [0.15, 0.2) is 6.10 Å². The molecule has 0 bridgehead atoms. The smallest absolute Gasteiger partial charge is 0.306 e. The van der Waals surface area contributed by atoms with E-state index in [1.54, 1.807) is 0 Å². The lowest BCUT2D eigenvalue weighted by Gasteiger charge is -2.18. The van der Waals surface area contributed by atoms with Crippen LogP contribution in [0.4, 0.5) is 0 Å². The molecule has 0 saturated carbocycles. The minimum absolute atomic E-state index is 0.133. The zero-order valence-electron chi connectivity index (χ0n) is 42.6. The van der Waals surface area contributed by atoms with Gasteiger partial charge < -0.3 is 14.2 Å². The van der Waals surface area contributed by atoms with Crippen molar-refractivity contribution in [3.05, 3.63) is 146 Å². The number of rotatable bonds is 45. The molecule has 0 heterocycles. The van der Waals surface area contributed by atoms with Crippen LogP contribution in [0.5, 0.6) is 0 Å². The number of esters is 3. The van der Waals surface area contributed by atoms with Gasteiger partial charge in [0, 0.05) is 19.3 Å². The van der Waals surface area contributed by atoms with E-state index < -0.39 is 6.10 Å². The van der Waals surface area contributed by atoms with Crippen molar-refractivity contribution >= 4 is 17.9 Å². The third-order valence-electron chi connectivity index (χ3n) is 10.3. The summed E-state index contributed by atoms with van der Waals surface area (Å²) in [5, 5.41) is 0. The summed E-state index contributed by atoms with van der Waals surface area (Å²) in [5.74, 6) is -1.06. The summed E-state index contributed by atoms with van der Waals surface area (Å²) in [6.07, 6.45) is 76.9. The molecule has 0 spiro atoms. The zero-order valence-corrected chi connectivity index (χ0v) is 42.6. The highest BCUT2D eigenvalue weighted by molar-refractivity contribution is 5.71. The Morgan fingerprint density at radius 2 is 0.597 bits per heavy atom. The molecule has 0 aliphatic carbocycles. The maximum atomic E-state index is 12.8. The fourth-order valence-corrected chi connectivity index (χ4v) is 6.41. The fourth-order valence-electron chi connectivity index (χ4n) is 6.41. The van der Waals surface area contributed by atoms with Crippen LogP contribution in [0.2, 0.25) is 0 Å². The third kappa shape index (κ3) is 52.1. The lowest BCUT2D eigenvalue weighted by molar-refractivity contribution is -0.167. The van der Waals surface area contributed by atoms with Crippen molar-refractivity contribution < 1.29 is 28.6 Å². The van der Waals surface area contributed by atoms with Gasteiger partial charge in [0.05, 0.1) is 0 Å². The molecule has 0 aliphatic rings. The SMILES string of the molecule is CC/C=C\C/C=C\C/C=C\C/C=C\C/C=C\CCCC(=O)OC[C@H](COC(=O)CCCC/C=C\C/C=C\C/C=C\C/C=C\CC)OC(=O)CCCCCC/C=C\C/C=C\C/C=C\CCCCC. The minimum Gasteiger partial charge on any atom is -0.462 e. The third-order valence-corrected chi connectivity index (χ3v) is 10.3. The Kier molecular flexibility index (Phi) is 50.1. The molecule has 0 aromatic heterocycles. The molecule has 374 valence electrons. The Hall–Kier alpha value is -4.71. The largest absolute Gasteiger partial charge is 0.462 e.